The van der Waals surface area contributed by atoms with Crippen LogP contribution >= 0.6 is 22.9 Å². The van der Waals surface area contributed by atoms with Gasteiger partial charge >= 0.3 is 0 Å². The molecule has 30 heavy (non-hydrogen) atoms. The van der Waals surface area contributed by atoms with Crippen LogP contribution in [-0.4, -0.2) is 11.8 Å². The van der Waals surface area contributed by atoms with Gasteiger partial charge in [0.15, 0.2) is 0 Å². The van der Waals surface area contributed by atoms with Crippen LogP contribution in [0.5, 0.6) is 0 Å². The minimum absolute atomic E-state index is 0.167. The Balaban J connectivity index is 1.56. The van der Waals surface area contributed by atoms with E-state index >= 15 is 0 Å². The van der Waals surface area contributed by atoms with Crippen LogP contribution in [0.3, 0.4) is 0 Å². The first kappa shape index (κ1) is 20.1. The molecule has 0 aliphatic rings. The molecule has 0 radical (unpaired) electrons. The number of carbonyl (C=O) groups is 2. The van der Waals surface area contributed by atoms with Crippen LogP contribution in [0.25, 0.3) is 10.1 Å². The topological polar surface area (TPSA) is 58.2 Å². The van der Waals surface area contributed by atoms with Gasteiger partial charge in [0.1, 0.15) is 4.88 Å². The van der Waals surface area contributed by atoms with Crippen molar-refractivity contribution in [1.82, 2.24) is 5.32 Å². The Morgan fingerprint density at radius 2 is 1.53 bits per heavy atom. The predicted octanol–water partition coefficient (Wildman–Crippen LogP) is 6.30. The third-order valence-electron chi connectivity index (χ3n) is 4.81. The number of thiophene rings is 1. The van der Waals surface area contributed by atoms with Gasteiger partial charge in [-0.1, -0.05) is 72.3 Å². The van der Waals surface area contributed by atoms with Gasteiger partial charge in [0.2, 0.25) is 0 Å². The van der Waals surface area contributed by atoms with E-state index in [9.17, 15) is 9.59 Å². The Bertz CT molecular complexity index is 1220. The number of halogens is 1. The zero-order chi connectivity index (χ0) is 21.1. The SMILES string of the molecule is CC(NC(=O)c1ccccc1NC(=O)c1sc2ccccc2c1Cl)c1ccccc1. The molecule has 2 N–H and O–H groups in total. The smallest absolute Gasteiger partial charge is 0.267 e. The number of para-hydroxylation sites is 1. The van der Waals surface area contributed by atoms with Crippen LogP contribution in [-0.2, 0) is 0 Å². The fraction of sp³-hybridized carbons (Fsp3) is 0.0833. The highest BCUT2D eigenvalue weighted by molar-refractivity contribution is 7.21. The molecule has 1 unspecified atom stereocenters. The summed E-state index contributed by atoms with van der Waals surface area (Å²) >= 11 is 7.76. The molecule has 6 heteroatoms. The maximum atomic E-state index is 12.9. The molecule has 4 aromatic rings. The van der Waals surface area contributed by atoms with Crippen molar-refractivity contribution >= 4 is 50.5 Å². The highest BCUT2D eigenvalue weighted by Crippen LogP contribution is 2.35. The minimum Gasteiger partial charge on any atom is -0.345 e. The molecule has 0 fully saturated rings. The van der Waals surface area contributed by atoms with E-state index in [4.69, 9.17) is 11.6 Å². The summed E-state index contributed by atoms with van der Waals surface area (Å²) in [6.45, 7) is 1.92. The number of rotatable bonds is 5. The number of benzene rings is 3. The summed E-state index contributed by atoms with van der Waals surface area (Å²) in [5.41, 5.74) is 1.84. The van der Waals surface area contributed by atoms with Crippen LogP contribution in [0, 0.1) is 0 Å². The Morgan fingerprint density at radius 3 is 2.30 bits per heavy atom. The average molecular weight is 435 g/mol. The molecule has 0 aliphatic heterocycles. The van der Waals surface area contributed by atoms with E-state index in [0.717, 1.165) is 15.6 Å². The molecule has 2 amide bonds. The Morgan fingerprint density at radius 1 is 0.867 bits per heavy atom. The second-order valence-electron chi connectivity index (χ2n) is 6.85. The number of fused-ring (bicyclic) bond motifs is 1. The van der Waals surface area contributed by atoms with Crippen LogP contribution in [0.4, 0.5) is 5.69 Å². The first-order valence-corrected chi connectivity index (χ1v) is 10.7. The van der Waals surface area contributed by atoms with Crippen molar-refractivity contribution in [3.63, 3.8) is 0 Å². The molecule has 150 valence electrons. The number of nitrogens with one attached hydrogen (secondary N) is 2. The fourth-order valence-corrected chi connectivity index (χ4v) is 4.64. The molecule has 4 nitrogen and oxygen atoms in total. The van der Waals surface area contributed by atoms with Crippen molar-refractivity contribution < 1.29 is 9.59 Å². The van der Waals surface area contributed by atoms with E-state index in [2.05, 4.69) is 10.6 Å². The van der Waals surface area contributed by atoms with E-state index in [0.29, 0.717) is 21.2 Å². The van der Waals surface area contributed by atoms with Crippen molar-refractivity contribution in [3.05, 3.63) is 99.9 Å². The maximum Gasteiger partial charge on any atom is 0.267 e. The van der Waals surface area contributed by atoms with Gasteiger partial charge in [-0.3, -0.25) is 9.59 Å². The van der Waals surface area contributed by atoms with Gasteiger partial charge in [0, 0.05) is 10.1 Å². The third-order valence-corrected chi connectivity index (χ3v) is 6.48. The van der Waals surface area contributed by atoms with Crippen molar-refractivity contribution in [3.8, 4) is 0 Å². The standard InChI is InChI=1S/C24H19ClN2O2S/c1-15(16-9-3-2-4-10-16)26-23(28)17-11-5-7-13-19(17)27-24(29)22-21(25)18-12-6-8-14-20(18)30-22/h2-15H,1H3,(H,26,28)(H,27,29). The molecular weight excluding hydrogens is 416 g/mol. The van der Waals surface area contributed by atoms with Gasteiger partial charge < -0.3 is 10.6 Å². The lowest BCUT2D eigenvalue weighted by atomic mass is 10.1. The summed E-state index contributed by atoms with van der Waals surface area (Å²) in [5.74, 6) is -0.595. The minimum atomic E-state index is -0.336. The monoisotopic (exact) mass is 434 g/mol. The molecule has 4 rings (SSSR count). The fourth-order valence-electron chi connectivity index (χ4n) is 3.23. The summed E-state index contributed by atoms with van der Waals surface area (Å²) in [7, 11) is 0. The highest BCUT2D eigenvalue weighted by Gasteiger charge is 2.20. The second kappa shape index (κ2) is 8.69. The molecule has 1 atom stereocenters. The maximum absolute atomic E-state index is 12.9. The van der Waals surface area contributed by atoms with E-state index in [1.54, 1.807) is 24.3 Å². The molecule has 0 saturated carbocycles. The highest BCUT2D eigenvalue weighted by atomic mass is 35.5. The number of carbonyl (C=O) groups excluding carboxylic acids is 2. The molecule has 1 heterocycles. The molecule has 0 saturated heterocycles. The Kier molecular flexibility index (Phi) is 5.84. The number of amides is 2. The van der Waals surface area contributed by atoms with Crippen LogP contribution in [0.2, 0.25) is 5.02 Å². The summed E-state index contributed by atoms with van der Waals surface area (Å²) in [5, 5.41) is 7.10. The number of hydrogen-bond donors (Lipinski definition) is 2. The van der Waals surface area contributed by atoms with Crippen molar-refractivity contribution in [2.75, 3.05) is 5.32 Å². The molecule has 0 aliphatic carbocycles. The third kappa shape index (κ3) is 4.08. The van der Waals surface area contributed by atoms with E-state index in [-0.39, 0.29) is 17.9 Å². The normalized spacial score (nSPS) is 11.8. The lowest BCUT2D eigenvalue weighted by Crippen LogP contribution is -2.27. The van der Waals surface area contributed by atoms with E-state index in [1.807, 2.05) is 61.5 Å². The van der Waals surface area contributed by atoms with Gasteiger partial charge in [-0.25, -0.2) is 0 Å². The first-order valence-electron chi connectivity index (χ1n) is 9.48. The van der Waals surface area contributed by atoms with Gasteiger partial charge in [0.25, 0.3) is 11.8 Å². The van der Waals surface area contributed by atoms with Gasteiger partial charge in [-0.05, 0) is 30.7 Å². The van der Waals surface area contributed by atoms with Crippen LogP contribution < -0.4 is 10.6 Å². The number of anilines is 1. The van der Waals surface area contributed by atoms with Crippen molar-refractivity contribution in [2.45, 2.75) is 13.0 Å². The average Bonchev–Trinajstić information content (AvgIpc) is 3.11. The molecule has 0 bridgehead atoms. The Labute approximate surface area is 183 Å². The largest absolute Gasteiger partial charge is 0.345 e. The molecule has 1 aromatic heterocycles. The summed E-state index contributed by atoms with van der Waals surface area (Å²) in [4.78, 5) is 26.2. The lowest BCUT2D eigenvalue weighted by Gasteiger charge is -2.16. The zero-order valence-corrected chi connectivity index (χ0v) is 17.8. The second-order valence-corrected chi connectivity index (χ2v) is 8.28. The quantitative estimate of drug-likeness (QED) is 0.387. The van der Waals surface area contributed by atoms with Gasteiger partial charge in [-0.2, -0.15) is 0 Å². The predicted molar refractivity (Wildman–Crippen MR) is 124 cm³/mol. The van der Waals surface area contributed by atoms with Gasteiger partial charge in [0.05, 0.1) is 22.3 Å². The Hall–Kier alpha value is -3.15. The van der Waals surface area contributed by atoms with E-state index in [1.165, 1.54) is 11.3 Å². The van der Waals surface area contributed by atoms with Crippen LogP contribution in [0.15, 0.2) is 78.9 Å². The molecule has 3 aromatic carbocycles. The lowest BCUT2D eigenvalue weighted by molar-refractivity contribution is 0.0941. The van der Waals surface area contributed by atoms with Gasteiger partial charge in [-0.15, -0.1) is 11.3 Å². The molecule has 0 spiro atoms. The summed E-state index contributed by atoms with van der Waals surface area (Å²) < 4.78 is 0.940. The zero-order valence-electron chi connectivity index (χ0n) is 16.2. The summed E-state index contributed by atoms with van der Waals surface area (Å²) in [6.07, 6.45) is 0. The van der Waals surface area contributed by atoms with Crippen molar-refractivity contribution in [1.29, 1.82) is 0 Å². The van der Waals surface area contributed by atoms with E-state index < -0.39 is 0 Å². The molecular formula is C24H19ClN2O2S. The van der Waals surface area contributed by atoms with Crippen LogP contribution in [0.1, 0.15) is 38.6 Å². The first-order chi connectivity index (χ1) is 14.5. The number of hydrogen-bond acceptors (Lipinski definition) is 3. The summed E-state index contributed by atoms with van der Waals surface area (Å²) in [6, 6.07) is 24.1. The van der Waals surface area contributed by atoms with Crippen molar-refractivity contribution in [2.24, 2.45) is 0 Å².